The van der Waals surface area contributed by atoms with E-state index in [1.807, 2.05) is 24.3 Å². The summed E-state index contributed by atoms with van der Waals surface area (Å²) in [4.78, 5) is 7.92. The van der Waals surface area contributed by atoms with Crippen molar-refractivity contribution in [1.29, 1.82) is 0 Å². The number of imidazole rings is 1. The second kappa shape index (κ2) is 4.46. The molecule has 4 nitrogen and oxygen atoms in total. The highest BCUT2D eigenvalue weighted by Crippen LogP contribution is 2.30. The van der Waals surface area contributed by atoms with E-state index < -0.39 is 0 Å². The number of hydrogen-bond donors (Lipinski definition) is 2. The molecule has 1 heterocycles. The third-order valence-electron chi connectivity index (χ3n) is 3.38. The topological polar surface area (TPSA) is 58.1 Å². The van der Waals surface area contributed by atoms with Crippen LogP contribution in [0.3, 0.4) is 0 Å². The van der Waals surface area contributed by atoms with E-state index in [4.69, 9.17) is 4.74 Å². The van der Waals surface area contributed by atoms with Gasteiger partial charge in [-0.2, -0.15) is 0 Å². The molecule has 18 heavy (non-hydrogen) atoms. The van der Waals surface area contributed by atoms with Gasteiger partial charge in [0.05, 0.1) is 24.5 Å². The Morgan fingerprint density at radius 2 is 2.22 bits per heavy atom. The first-order chi connectivity index (χ1) is 8.78. The summed E-state index contributed by atoms with van der Waals surface area (Å²) < 4.78 is 5.34. The van der Waals surface area contributed by atoms with Gasteiger partial charge in [0.1, 0.15) is 11.6 Å². The predicted octanol–water partition coefficient (Wildman–Crippen LogP) is 1.93. The zero-order valence-corrected chi connectivity index (χ0v) is 10.3. The quantitative estimate of drug-likeness (QED) is 0.848. The predicted molar refractivity (Wildman–Crippen MR) is 68.6 cm³/mol. The second-order valence-corrected chi connectivity index (χ2v) is 4.61. The maximum absolute atomic E-state index is 9.66. The molecule has 2 aromatic rings. The molecular weight excluding hydrogens is 228 g/mol. The van der Waals surface area contributed by atoms with E-state index in [1.165, 1.54) is 0 Å². The average Bonchev–Trinajstić information content (AvgIpc) is 2.81. The van der Waals surface area contributed by atoms with E-state index in [0.717, 1.165) is 41.4 Å². The molecule has 94 valence electrons. The summed E-state index contributed by atoms with van der Waals surface area (Å²) in [7, 11) is 1.66. The zero-order valence-electron chi connectivity index (χ0n) is 10.3. The fourth-order valence-corrected chi connectivity index (χ4v) is 2.43. The van der Waals surface area contributed by atoms with Crippen molar-refractivity contribution in [3.63, 3.8) is 0 Å². The van der Waals surface area contributed by atoms with Crippen LogP contribution in [0.4, 0.5) is 0 Å². The van der Waals surface area contributed by atoms with E-state index in [1.54, 1.807) is 7.11 Å². The van der Waals surface area contributed by atoms with Crippen molar-refractivity contribution < 1.29 is 9.84 Å². The average molecular weight is 244 g/mol. The number of methoxy groups -OCH3 is 1. The number of fused-ring (bicyclic) bond motifs is 1. The number of nitrogens with zero attached hydrogens (tertiary/aromatic N) is 1. The molecule has 0 bridgehead atoms. The molecule has 0 aliphatic heterocycles. The lowest BCUT2D eigenvalue weighted by atomic mass is 9.99. The molecule has 0 fully saturated rings. The highest BCUT2D eigenvalue weighted by atomic mass is 16.5. The number of nitrogens with one attached hydrogen (secondary N) is 1. The molecule has 1 aromatic heterocycles. The van der Waals surface area contributed by atoms with Gasteiger partial charge < -0.3 is 14.8 Å². The van der Waals surface area contributed by atoms with Gasteiger partial charge in [0.2, 0.25) is 0 Å². The van der Waals surface area contributed by atoms with Crippen LogP contribution < -0.4 is 4.74 Å². The van der Waals surface area contributed by atoms with Crippen molar-refractivity contribution in [2.75, 3.05) is 7.11 Å². The molecule has 1 aliphatic carbocycles. The Morgan fingerprint density at radius 3 is 3.06 bits per heavy atom. The molecule has 3 rings (SSSR count). The first kappa shape index (κ1) is 11.3. The van der Waals surface area contributed by atoms with Gasteiger partial charge in [0.15, 0.2) is 0 Å². The third-order valence-corrected chi connectivity index (χ3v) is 3.38. The van der Waals surface area contributed by atoms with Crippen LogP contribution >= 0.6 is 0 Å². The maximum atomic E-state index is 9.66. The molecule has 0 amide bonds. The Bertz CT molecular complexity index is 563. The molecule has 0 spiro atoms. The van der Waals surface area contributed by atoms with Crippen molar-refractivity contribution in [2.45, 2.75) is 25.4 Å². The molecule has 1 unspecified atom stereocenters. The minimum atomic E-state index is -0.247. The van der Waals surface area contributed by atoms with Gasteiger partial charge >= 0.3 is 0 Å². The molecular formula is C14H16N2O2. The van der Waals surface area contributed by atoms with Gasteiger partial charge in [-0.3, -0.25) is 0 Å². The fraction of sp³-hybridized carbons (Fsp3) is 0.357. The minimum absolute atomic E-state index is 0.247. The summed E-state index contributed by atoms with van der Waals surface area (Å²) in [6, 6.07) is 7.81. The summed E-state index contributed by atoms with van der Waals surface area (Å²) in [5.74, 6) is 1.63. The number of H-pyrrole nitrogens is 1. The number of aliphatic hydroxyl groups is 1. The smallest absolute Gasteiger partial charge is 0.141 e. The van der Waals surface area contributed by atoms with Crippen LogP contribution in [0.1, 0.15) is 17.8 Å². The van der Waals surface area contributed by atoms with Gasteiger partial charge in [-0.25, -0.2) is 4.98 Å². The number of hydrogen-bond acceptors (Lipinski definition) is 3. The number of aliphatic hydroxyl groups excluding tert-OH is 1. The number of aryl methyl sites for hydroxylation is 1. The number of para-hydroxylation sites is 1. The summed E-state index contributed by atoms with van der Waals surface area (Å²) in [5, 5.41) is 9.66. The van der Waals surface area contributed by atoms with Crippen molar-refractivity contribution in [2.24, 2.45) is 0 Å². The van der Waals surface area contributed by atoms with E-state index in [0.29, 0.717) is 6.42 Å². The highest BCUT2D eigenvalue weighted by Gasteiger charge is 2.21. The van der Waals surface area contributed by atoms with E-state index in [2.05, 4.69) is 9.97 Å². The summed E-state index contributed by atoms with van der Waals surface area (Å²) >= 11 is 0. The number of aromatic amines is 1. The summed E-state index contributed by atoms with van der Waals surface area (Å²) in [6.07, 6.45) is 2.05. The lowest BCUT2D eigenvalue weighted by Gasteiger charge is -2.14. The van der Waals surface area contributed by atoms with Crippen molar-refractivity contribution in [3.8, 4) is 17.1 Å². The van der Waals surface area contributed by atoms with E-state index in [9.17, 15) is 5.11 Å². The largest absolute Gasteiger partial charge is 0.496 e. The van der Waals surface area contributed by atoms with Gasteiger partial charge in [0.25, 0.3) is 0 Å². The van der Waals surface area contributed by atoms with Crippen LogP contribution in [0.25, 0.3) is 11.4 Å². The zero-order chi connectivity index (χ0) is 12.5. The van der Waals surface area contributed by atoms with Crippen LogP contribution in [-0.4, -0.2) is 28.3 Å². The lowest BCUT2D eigenvalue weighted by Crippen LogP contribution is -2.18. The Labute approximate surface area is 106 Å². The fourth-order valence-electron chi connectivity index (χ4n) is 2.43. The molecule has 0 saturated heterocycles. The van der Waals surface area contributed by atoms with Crippen LogP contribution in [-0.2, 0) is 12.8 Å². The van der Waals surface area contributed by atoms with Crippen LogP contribution in [0.2, 0.25) is 0 Å². The van der Waals surface area contributed by atoms with E-state index in [-0.39, 0.29) is 6.10 Å². The maximum Gasteiger partial charge on any atom is 0.141 e. The monoisotopic (exact) mass is 244 g/mol. The third kappa shape index (κ3) is 1.88. The number of benzene rings is 1. The van der Waals surface area contributed by atoms with E-state index >= 15 is 0 Å². The number of aromatic nitrogens is 2. The van der Waals surface area contributed by atoms with Crippen LogP contribution in [0, 0.1) is 0 Å². The Balaban J connectivity index is 2.02. The van der Waals surface area contributed by atoms with Gasteiger partial charge in [0, 0.05) is 12.1 Å². The standard InChI is InChI=1S/C14H16N2O2/c1-18-13-5-3-2-4-10(13)14-15-11-7-6-9(17)8-12(11)16-14/h2-5,9,17H,6-8H2,1H3,(H,15,16). The Kier molecular flexibility index (Phi) is 2.80. The minimum Gasteiger partial charge on any atom is -0.496 e. The van der Waals surface area contributed by atoms with Crippen LogP contribution in [0.15, 0.2) is 24.3 Å². The normalized spacial score (nSPS) is 18.4. The first-order valence-corrected chi connectivity index (χ1v) is 6.17. The van der Waals surface area contributed by atoms with Gasteiger partial charge in [-0.15, -0.1) is 0 Å². The van der Waals surface area contributed by atoms with Crippen molar-refractivity contribution in [3.05, 3.63) is 35.7 Å². The second-order valence-electron chi connectivity index (χ2n) is 4.61. The molecule has 2 N–H and O–H groups in total. The van der Waals surface area contributed by atoms with Gasteiger partial charge in [-0.05, 0) is 25.0 Å². The lowest BCUT2D eigenvalue weighted by molar-refractivity contribution is 0.157. The molecule has 1 aliphatic rings. The molecule has 4 heteroatoms. The number of ether oxygens (including phenoxy) is 1. The van der Waals surface area contributed by atoms with Gasteiger partial charge in [-0.1, -0.05) is 12.1 Å². The highest BCUT2D eigenvalue weighted by molar-refractivity contribution is 5.64. The van der Waals surface area contributed by atoms with Crippen LogP contribution in [0.5, 0.6) is 5.75 Å². The summed E-state index contributed by atoms with van der Waals surface area (Å²) in [5.41, 5.74) is 3.08. The number of rotatable bonds is 2. The van der Waals surface area contributed by atoms with Crippen molar-refractivity contribution >= 4 is 0 Å². The Morgan fingerprint density at radius 1 is 1.39 bits per heavy atom. The molecule has 1 atom stereocenters. The van der Waals surface area contributed by atoms with Crippen molar-refractivity contribution in [1.82, 2.24) is 9.97 Å². The molecule has 0 radical (unpaired) electrons. The molecule has 1 aromatic carbocycles. The first-order valence-electron chi connectivity index (χ1n) is 6.17. The Hall–Kier alpha value is -1.81. The summed E-state index contributed by atoms with van der Waals surface area (Å²) in [6.45, 7) is 0. The SMILES string of the molecule is COc1ccccc1-c1nc2c([nH]1)CC(O)CC2. The molecule has 0 saturated carbocycles.